The Morgan fingerprint density at radius 2 is 1.95 bits per heavy atom. The fourth-order valence-electron chi connectivity index (χ4n) is 1.64. The molecule has 118 valence electrons. The average molecular weight is 356 g/mol. The number of benzene rings is 1. The van der Waals surface area contributed by atoms with E-state index in [1.54, 1.807) is 19.1 Å². The van der Waals surface area contributed by atoms with Crippen molar-refractivity contribution >= 4 is 40.8 Å². The van der Waals surface area contributed by atoms with E-state index in [0.717, 1.165) is 6.42 Å². The summed E-state index contributed by atoms with van der Waals surface area (Å²) in [6.07, 6.45) is 0.769. The molecule has 3 nitrogen and oxygen atoms in total. The van der Waals surface area contributed by atoms with Crippen LogP contribution in [0.1, 0.15) is 37.4 Å². The van der Waals surface area contributed by atoms with E-state index < -0.39 is 21.7 Å². The normalized spacial score (nSPS) is 14.4. The molecule has 2 atom stereocenters. The second-order valence-corrected chi connectivity index (χ2v) is 7.28. The summed E-state index contributed by atoms with van der Waals surface area (Å²) in [5.74, 6) is -0.420. The van der Waals surface area contributed by atoms with Gasteiger partial charge in [-0.05, 0) is 37.5 Å². The maximum Gasteiger partial charge on any atom is 0.315 e. The Labute approximate surface area is 139 Å². The van der Waals surface area contributed by atoms with Crippen molar-refractivity contribution in [3.8, 4) is 0 Å². The van der Waals surface area contributed by atoms with E-state index in [1.165, 1.54) is 6.07 Å². The van der Waals surface area contributed by atoms with Gasteiger partial charge in [0.2, 0.25) is 3.79 Å². The van der Waals surface area contributed by atoms with Crippen LogP contribution in [0.3, 0.4) is 0 Å². The highest BCUT2D eigenvalue weighted by atomic mass is 35.6. The first kappa shape index (κ1) is 18.3. The number of hydrogen-bond donors (Lipinski definition) is 2. The van der Waals surface area contributed by atoms with Crippen LogP contribution in [0.5, 0.6) is 0 Å². The van der Waals surface area contributed by atoms with Crippen LogP contribution in [0.4, 0.5) is 9.18 Å². The van der Waals surface area contributed by atoms with E-state index in [2.05, 4.69) is 10.6 Å². The molecule has 0 bridgehead atoms. The number of hydrogen-bond acceptors (Lipinski definition) is 1. The predicted octanol–water partition coefficient (Wildman–Crippen LogP) is 4.64. The molecule has 0 saturated carbocycles. The maximum absolute atomic E-state index is 13.7. The van der Waals surface area contributed by atoms with Crippen molar-refractivity contribution in [3.05, 3.63) is 35.1 Å². The molecule has 0 heterocycles. The number of nitrogens with one attached hydrogen (secondary N) is 2. The Bertz CT molecular complexity index is 505. The molecule has 21 heavy (non-hydrogen) atoms. The van der Waals surface area contributed by atoms with Crippen LogP contribution in [0.25, 0.3) is 0 Å². The zero-order valence-corrected chi connectivity index (χ0v) is 14.3. The molecule has 1 rings (SSSR count). The molecule has 2 N–H and O–H groups in total. The van der Waals surface area contributed by atoms with Crippen molar-refractivity contribution in [3.63, 3.8) is 0 Å². The topological polar surface area (TPSA) is 41.1 Å². The van der Waals surface area contributed by atoms with Crippen LogP contribution < -0.4 is 10.6 Å². The summed E-state index contributed by atoms with van der Waals surface area (Å²) in [6, 6.07) is 3.00. The number of aryl methyl sites for hydroxylation is 1. The highest BCUT2D eigenvalue weighted by molar-refractivity contribution is 6.68. The van der Waals surface area contributed by atoms with Gasteiger partial charge >= 0.3 is 6.03 Å². The van der Waals surface area contributed by atoms with E-state index >= 15 is 0 Å². The number of carbonyl (C=O) groups is 1. The fraction of sp³-hybridized carbons (Fsp3) is 0.500. The quantitative estimate of drug-likeness (QED) is 0.759. The van der Waals surface area contributed by atoms with Crippen molar-refractivity contribution in [1.29, 1.82) is 0 Å². The number of halogens is 4. The summed E-state index contributed by atoms with van der Waals surface area (Å²) in [5.41, 5.74) is 0.864. The van der Waals surface area contributed by atoms with Gasteiger partial charge in [0.25, 0.3) is 0 Å². The molecule has 0 radical (unpaired) electrons. The van der Waals surface area contributed by atoms with Crippen molar-refractivity contribution < 1.29 is 9.18 Å². The lowest BCUT2D eigenvalue weighted by Gasteiger charge is -2.27. The smallest absolute Gasteiger partial charge is 0.315 e. The van der Waals surface area contributed by atoms with Crippen LogP contribution in [-0.4, -0.2) is 15.9 Å². The first-order valence-corrected chi connectivity index (χ1v) is 7.68. The largest absolute Gasteiger partial charge is 0.336 e. The standard InChI is InChI=1S/C14H18Cl3FN2O/c1-4-9(3)19-13(21)20-12(14(15,16)17)10-6-5-8(2)11(18)7-10/h5-7,9,12H,4H2,1-3H3,(H2,19,20,21)/t9-,12+/m1/s1. The summed E-state index contributed by atoms with van der Waals surface area (Å²) in [4.78, 5) is 11.9. The van der Waals surface area contributed by atoms with Crippen LogP contribution in [0.15, 0.2) is 18.2 Å². The summed E-state index contributed by atoms with van der Waals surface area (Å²) < 4.78 is 11.9. The van der Waals surface area contributed by atoms with Crippen molar-refractivity contribution in [2.45, 2.75) is 43.1 Å². The predicted molar refractivity (Wildman–Crippen MR) is 85.6 cm³/mol. The third-order valence-electron chi connectivity index (χ3n) is 3.12. The van der Waals surface area contributed by atoms with Gasteiger partial charge in [0.05, 0.1) is 0 Å². The van der Waals surface area contributed by atoms with Gasteiger partial charge in [-0.15, -0.1) is 0 Å². The highest BCUT2D eigenvalue weighted by Gasteiger charge is 2.35. The molecule has 0 aliphatic rings. The third-order valence-corrected chi connectivity index (χ3v) is 3.78. The molecule has 0 aliphatic carbocycles. The molecule has 1 aromatic rings. The average Bonchev–Trinajstić information content (AvgIpc) is 2.38. The Balaban J connectivity index is 2.96. The molecule has 0 fully saturated rings. The molecule has 7 heteroatoms. The molecule has 0 unspecified atom stereocenters. The summed E-state index contributed by atoms with van der Waals surface area (Å²) in [5, 5.41) is 5.28. The van der Waals surface area contributed by atoms with Crippen molar-refractivity contribution in [2.75, 3.05) is 0 Å². The monoisotopic (exact) mass is 354 g/mol. The minimum Gasteiger partial charge on any atom is -0.336 e. The minimum absolute atomic E-state index is 0.0178. The molecule has 2 amide bonds. The van der Waals surface area contributed by atoms with Gasteiger partial charge in [-0.2, -0.15) is 0 Å². The Morgan fingerprint density at radius 3 is 2.43 bits per heavy atom. The van der Waals surface area contributed by atoms with E-state index in [0.29, 0.717) is 11.1 Å². The number of rotatable bonds is 4. The Kier molecular flexibility index (Phi) is 6.57. The molecule has 0 spiro atoms. The molecule has 0 aliphatic heterocycles. The number of urea groups is 1. The van der Waals surface area contributed by atoms with Gasteiger partial charge in [-0.25, -0.2) is 9.18 Å². The number of alkyl halides is 3. The molecular weight excluding hydrogens is 338 g/mol. The highest BCUT2D eigenvalue weighted by Crippen LogP contribution is 2.40. The SMILES string of the molecule is CC[C@@H](C)NC(=O)N[C@@H](c1ccc(C)c(F)c1)C(Cl)(Cl)Cl. The second kappa shape index (κ2) is 7.52. The molecular formula is C14H18Cl3FN2O. The fourth-order valence-corrected chi connectivity index (χ4v) is 2.18. The van der Waals surface area contributed by atoms with E-state index in [9.17, 15) is 9.18 Å². The summed E-state index contributed by atoms with van der Waals surface area (Å²) >= 11 is 17.7. The molecule has 0 aromatic heterocycles. The van der Waals surface area contributed by atoms with E-state index in [-0.39, 0.29) is 6.04 Å². The lowest BCUT2D eigenvalue weighted by Crippen LogP contribution is -2.45. The number of carbonyl (C=O) groups excluding carboxylic acids is 1. The lowest BCUT2D eigenvalue weighted by molar-refractivity contribution is 0.233. The first-order valence-electron chi connectivity index (χ1n) is 6.55. The Morgan fingerprint density at radius 1 is 1.33 bits per heavy atom. The lowest BCUT2D eigenvalue weighted by atomic mass is 10.1. The van der Waals surface area contributed by atoms with Crippen molar-refractivity contribution in [1.82, 2.24) is 10.6 Å². The molecule has 0 saturated heterocycles. The van der Waals surface area contributed by atoms with Gasteiger partial charge in [-0.1, -0.05) is 53.9 Å². The third kappa shape index (κ3) is 5.53. The zero-order chi connectivity index (χ0) is 16.2. The van der Waals surface area contributed by atoms with Crippen molar-refractivity contribution in [2.24, 2.45) is 0 Å². The molecule has 1 aromatic carbocycles. The Hall–Kier alpha value is -0.710. The summed E-state index contributed by atoms with van der Waals surface area (Å²) in [7, 11) is 0. The van der Waals surface area contributed by atoms with Crippen LogP contribution >= 0.6 is 34.8 Å². The number of amides is 2. The van der Waals surface area contributed by atoms with E-state index in [4.69, 9.17) is 34.8 Å². The first-order chi connectivity index (χ1) is 9.65. The van der Waals surface area contributed by atoms with Gasteiger partial charge in [0, 0.05) is 6.04 Å². The van der Waals surface area contributed by atoms with Crippen LogP contribution in [0.2, 0.25) is 0 Å². The zero-order valence-electron chi connectivity index (χ0n) is 12.0. The van der Waals surface area contributed by atoms with Gasteiger partial charge in [0.15, 0.2) is 0 Å². The van der Waals surface area contributed by atoms with Gasteiger partial charge in [0.1, 0.15) is 11.9 Å². The second-order valence-electron chi connectivity index (χ2n) is 4.91. The van der Waals surface area contributed by atoms with Crippen LogP contribution in [-0.2, 0) is 0 Å². The van der Waals surface area contributed by atoms with Gasteiger partial charge in [-0.3, -0.25) is 0 Å². The maximum atomic E-state index is 13.7. The minimum atomic E-state index is -1.80. The van der Waals surface area contributed by atoms with E-state index in [1.807, 2.05) is 13.8 Å². The van der Waals surface area contributed by atoms with Gasteiger partial charge < -0.3 is 10.6 Å². The van der Waals surface area contributed by atoms with Crippen LogP contribution in [0, 0.1) is 12.7 Å². The summed E-state index contributed by atoms with van der Waals surface area (Å²) in [6.45, 7) is 5.43.